The average Bonchev–Trinajstić information content (AvgIpc) is 3.23. The molecule has 1 atom stereocenters. The zero-order chi connectivity index (χ0) is 27.6. The zero-order valence-electron chi connectivity index (χ0n) is 21.5. The molecule has 0 radical (unpaired) electrons. The van der Waals surface area contributed by atoms with Crippen molar-refractivity contribution in [2.75, 3.05) is 57.5 Å². The Balaban J connectivity index is 1.39. The van der Waals surface area contributed by atoms with Gasteiger partial charge in [-0.25, -0.2) is 28.2 Å². The minimum atomic E-state index is -3.78. The molecule has 3 heterocycles. The van der Waals surface area contributed by atoms with Crippen LogP contribution in [0.25, 0.3) is 10.9 Å². The predicted molar refractivity (Wildman–Crippen MR) is 144 cm³/mol. The van der Waals surface area contributed by atoms with E-state index < -0.39 is 16.1 Å². The number of thiazole rings is 1. The molecule has 15 heteroatoms. The lowest BCUT2D eigenvalue weighted by molar-refractivity contribution is 0.0829. The molecule has 4 rings (SSSR count). The molecule has 1 aliphatic heterocycles. The summed E-state index contributed by atoms with van der Waals surface area (Å²) in [5.41, 5.74) is 1.35. The van der Waals surface area contributed by atoms with Crippen molar-refractivity contribution in [1.29, 1.82) is 0 Å². The number of nitrogens with zero attached hydrogens (tertiary/aromatic N) is 6. The number of anilines is 2. The van der Waals surface area contributed by atoms with Gasteiger partial charge in [-0.2, -0.15) is 4.31 Å². The SMILES string of the molecule is Cc1nc(NC(=O)O)sc1S(=O)(=O)N1CCN(C[C@H](C)Nc2ncnc3c(C(=O)N(C)C)cccc23)CC1. The van der Waals surface area contributed by atoms with Crippen LogP contribution in [0.4, 0.5) is 15.7 Å². The van der Waals surface area contributed by atoms with Gasteiger partial charge in [-0.05, 0) is 26.0 Å². The molecule has 0 saturated carbocycles. The first-order valence-electron chi connectivity index (χ1n) is 11.9. The first-order valence-corrected chi connectivity index (χ1v) is 14.1. The minimum Gasteiger partial charge on any atom is -0.465 e. The summed E-state index contributed by atoms with van der Waals surface area (Å²) in [5, 5.41) is 15.2. The van der Waals surface area contributed by atoms with Crippen LogP contribution in [-0.2, 0) is 10.0 Å². The highest BCUT2D eigenvalue weighted by Gasteiger charge is 2.32. The van der Waals surface area contributed by atoms with Crippen LogP contribution >= 0.6 is 11.3 Å². The van der Waals surface area contributed by atoms with Gasteiger partial charge >= 0.3 is 6.09 Å². The molecule has 1 aromatic carbocycles. The lowest BCUT2D eigenvalue weighted by Crippen LogP contribution is -2.50. The number of carbonyl (C=O) groups excluding carboxylic acids is 1. The number of benzene rings is 1. The van der Waals surface area contributed by atoms with E-state index in [9.17, 15) is 18.0 Å². The van der Waals surface area contributed by atoms with Crippen LogP contribution in [0, 0.1) is 6.92 Å². The van der Waals surface area contributed by atoms with E-state index in [0.29, 0.717) is 49.6 Å². The fraction of sp³-hybridized carbons (Fsp3) is 0.435. The van der Waals surface area contributed by atoms with Gasteiger partial charge in [0.25, 0.3) is 15.9 Å². The monoisotopic (exact) mass is 562 g/mol. The Kier molecular flexibility index (Phi) is 8.10. The van der Waals surface area contributed by atoms with Crippen LogP contribution in [-0.4, -0.2) is 107 Å². The van der Waals surface area contributed by atoms with Gasteiger partial charge in [-0.15, -0.1) is 0 Å². The second kappa shape index (κ2) is 11.1. The standard InChI is InChI=1S/C23H30N8O5S2/c1-14(26-19-16-6-5-7-17(20(32)29(3)4)18(16)24-13-25-19)12-30-8-10-31(11-9-30)38(35,36)21-15(2)27-22(37-21)28-23(33)34/h5-7,13-14H,8-12H2,1-4H3,(H,27,28)(H,33,34)(H,24,25,26)/t14-/m0/s1. The Morgan fingerprint density at radius 3 is 2.55 bits per heavy atom. The number of rotatable bonds is 8. The molecule has 2 aromatic heterocycles. The number of carboxylic acid groups (broad SMARTS) is 1. The first kappa shape index (κ1) is 27.6. The maximum atomic E-state index is 13.2. The maximum absolute atomic E-state index is 13.2. The van der Waals surface area contributed by atoms with E-state index in [1.54, 1.807) is 27.1 Å². The van der Waals surface area contributed by atoms with Crippen molar-refractivity contribution in [3.8, 4) is 0 Å². The molecule has 1 fully saturated rings. The third-order valence-corrected chi connectivity index (χ3v) is 9.65. The molecule has 0 aliphatic carbocycles. The summed E-state index contributed by atoms with van der Waals surface area (Å²) in [6, 6.07) is 5.41. The van der Waals surface area contributed by atoms with E-state index in [-0.39, 0.29) is 27.0 Å². The van der Waals surface area contributed by atoms with Crippen LogP contribution in [0.1, 0.15) is 23.0 Å². The number of sulfonamides is 1. The number of hydrogen-bond donors (Lipinski definition) is 3. The van der Waals surface area contributed by atoms with Crippen molar-refractivity contribution in [2.45, 2.75) is 24.1 Å². The minimum absolute atomic E-state index is 0.0159. The van der Waals surface area contributed by atoms with Crippen LogP contribution in [0.5, 0.6) is 0 Å². The summed E-state index contributed by atoms with van der Waals surface area (Å²) < 4.78 is 27.8. The number of fused-ring (bicyclic) bond motifs is 1. The molecule has 204 valence electrons. The van der Waals surface area contributed by atoms with Gasteiger partial charge in [0.1, 0.15) is 12.1 Å². The van der Waals surface area contributed by atoms with Gasteiger partial charge in [-0.1, -0.05) is 17.4 Å². The van der Waals surface area contributed by atoms with Crippen molar-refractivity contribution in [3.63, 3.8) is 0 Å². The Morgan fingerprint density at radius 1 is 1.18 bits per heavy atom. The Bertz CT molecular complexity index is 1450. The van der Waals surface area contributed by atoms with Gasteiger partial charge in [0.15, 0.2) is 9.34 Å². The molecule has 2 amide bonds. The largest absolute Gasteiger partial charge is 0.465 e. The van der Waals surface area contributed by atoms with E-state index >= 15 is 0 Å². The van der Waals surface area contributed by atoms with E-state index in [0.717, 1.165) is 16.7 Å². The quantitative estimate of drug-likeness (QED) is 0.370. The first-order chi connectivity index (χ1) is 18.0. The molecule has 3 aromatic rings. The van der Waals surface area contributed by atoms with Crippen LogP contribution in [0.2, 0.25) is 0 Å². The number of nitrogens with one attached hydrogen (secondary N) is 2. The average molecular weight is 563 g/mol. The molecule has 3 N–H and O–H groups in total. The molecule has 0 unspecified atom stereocenters. The Morgan fingerprint density at radius 2 is 1.89 bits per heavy atom. The summed E-state index contributed by atoms with van der Waals surface area (Å²) in [7, 11) is -0.393. The van der Waals surface area contributed by atoms with Gasteiger partial charge < -0.3 is 15.3 Å². The highest BCUT2D eigenvalue weighted by molar-refractivity contribution is 7.91. The molecule has 13 nitrogen and oxygen atoms in total. The number of aryl methyl sites for hydroxylation is 1. The summed E-state index contributed by atoms with van der Waals surface area (Å²) >= 11 is 0.814. The lowest BCUT2D eigenvalue weighted by atomic mass is 10.1. The number of aromatic nitrogens is 3. The molecular formula is C23H30N8O5S2. The predicted octanol–water partition coefficient (Wildman–Crippen LogP) is 1.99. The van der Waals surface area contributed by atoms with Crippen LogP contribution < -0.4 is 10.6 Å². The van der Waals surface area contributed by atoms with Crippen LogP contribution in [0.3, 0.4) is 0 Å². The highest BCUT2D eigenvalue weighted by Crippen LogP contribution is 2.30. The molecule has 38 heavy (non-hydrogen) atoms. The number of carbonyl (C=O) groups is 2. The molecule has 1 aliphatic rings. The molecule has 0 bridgehead atoms. The van der Waals surface area contributed by atoms with Crippen molar-refractivity contribution in [3.05, 3.63) is 35.8 Å². The van der Waals surface area contributed by atoms with Gasteiger partial charge in [0.2, 0.25) is 0 Å². The lowest BCUT2D eigenvalue weighted by Gasteiger charge is -2.35. The van der Waals surface area contributed by atoms with Gasteiger partial charge in [-0.3, -0.25) is 15.0 Å². The zero-order valence-corrected chi connectivity index (χ0v) is 23.1. The third kappa shape index (κ3) is 5.85. The van der Waals surface area contributed by atoms with E-state index in [4.69, 9.17) is 5.11 Å². The van der Waals surface area contributed by atoms with Crippen molar-refractivity contribution in [1.82, 2.24) is 29.1 Å². The summed E-state index contributed by atoms with van der Waals surface area (Å²) in [6.07, 6.45) is 0.142. The summed E-state index contributed by atoms with van der Waals surface area (Å²) in [4.78, 5) is 39.9. The number of hydrogen-bond acceptors (Lipinski definition) is 10. The second-order valence-electron chi connectivity index (χ2n) is 9.20. The fourth-order valence-corrected chi connectivity index (χ4v) is 7.28. The smallest absolute Gasteiger partial charge is 0.410 e. The van der Waals surface area contributed by atoms with Gasteiger partial charge in [0, 0.05) is 58.2 Å². The second-order valence-corrected chi connectivity index (χ2v) is 12.3. The number of piperazine rings is 1. The molecular weight excluding hydrogens is 532 g/mol. The summed E-state index contributed by atoms with van der Waals surface area (Å²) in [6.45, 7) is 5.91. The normalized spacial score (nSPS) is 15.8. The highest BCUT2D eigenvalue weighted by atomic mass is 32.2. The summed E-state index contributed by atoms with van der Waals surface area (Å²) in [5.74, 6) is 0.493. The number of amides is 2. The van der Waals surface area contributed by atoms with Crippen molar-refractivity contribution >= 4 is 55.2 Å². The van der Waals surface area contributed by atoms with Gasteiger partial charge in [0.05, 0.1) is 16.8 Å². The Hall–Kier alpha value is -3.40. The van der Waals surface area contributed by atoms with Crippen molar-refractivity contribution < 1.29 is 23.1 Å². The maximum Gasteiger partial charge on any atom is 0.410 e. The van der Waals surface area contributed by atoms with E-state index in [1.807, 2.05) is 19.1 Å². The molecule has 1 saturated heterocycles. The van der Waals surface area contributed by atoms with E-state index in [1.165, 1.54) is 15.5 Å². The van der Waals surface area contributed by atoms with Crippen molar-refractivity contribution in [2.24, 2.45) is 0 Å². The molecule has 0 spiro atoms. The number of para-hydroxylation sites is 1. The fourth-order valence-electron chi connectivity index (χ4n) is 4.32. The third-order valence-electron chi connectivity index (χ3n) is 6.09. The van der Waals surface area contributed by atoms with E-state index in [2.05, 4.69) is 30.5 Å². The topological polar surface area (TPSA) is 161 Å². The van der Waals surface area contributed by atoms with Crippen LogP contribution in [0.15, 0.2) is 28.7 Å². The Labute approximate surface area is 224 Å².